The Bertz CT molecular complexity index is 411. The predicted octanol–water partition coefficient (Wildman–Crippen LogP) is 2.03. The van der Waals surface area contributed by atoms with Crippen LogP contribution in [-0.4, -0.2) is 35.7 Å². The molecule has 2 heterocycles. The van der Waals surface area contributed by atoms with Gasteiger partial charge in [-0.05, 0) is 36.9 Å². The molecule has 1 atom stereocenters. The Morgan fingerprint density at radius 2 is 2.28 bits per heavy atom. The van der Waals surface area contributed by atoms with Gasteiger partial charge < -0.3 is 10.4 Å². The molecule has 2 aliphatic heterocycles. The number of piperidine rings is 1. The first-order chi connectivity index (χ1) is 8.33. The highest BCUT2D eigenvalue weighted by Gasteiger charge is 2.20. The van der Waals surface area contributed by atoms with E-state index in [1.807, 2.05) is 0 Å². The average Bonchev–Trinajstić information content (AvgIpc) is 2.78. The second-order valence-corrected chi connectivity index (χ2v) is 5.16. The Hall–Kier alpha value is -0.770. The van der Waals surface area contributed by atoms with Crippen molar-refractivity contribution >= 4 is 18.1 Å². The fraction of sp³-hybridized carbons (Fsp3) is 0.571. The van der Waals surface area contributed by atoms with Crippen LogP contribution < -0.4 is 5.32 Å². The fourth-order valence-electron chi connectivity index (χ4n) is 2.96. The van der Waals surface area contributed by atoms with Gasteiger partial charge in [-0.1, -0.05) is 18.2 Å². The Morgan fingerprint density at radius 3 is 3.11 bits per heavy atom. The van der Waals surface area contributed by atoms with Gasteiger partial charge in [0.05, 0.1) is 6.10 Å². The SMILES string of the molecule is Cl.OC1CCCN(Cc2cccc3c2NCC3)C1. The molecule has 0 bridgehead atoms. The molecule has 100 valence electrons. The van der Waals surface area contributed by atoms with Crippen molar-refractivity contribution in [1.29, 1.82) is 0 Å². The number of aliphatic hydroxyl groups excluding tert-OH is 1. The van der Waals surface area contributed by atoms with Crippen molar-refractivity contribution < 1.29 is 5.11 Å². The maximum absolute atomic E-state index is 9.69. The van der Waals surface area contributed by atoms with Gasteiger partial charge in [0.15, 0.2) is 0 Å². The first kappa shape index (κ1) is 13.7. The number of fused-ring (bicyclic) bond motifs is 1. The third-order valence-electron chi connectivity index (χ3n) is 3.81. The number of anilines is 1. The Labute approximate surface area is 115 Å². The highest BCUT2D eigenvalue weighted by Crippen LogP contribution is 2.28. The first-order valence-corrected chi connectivity index (χ1v) is 6.58. The summed E-state index contributed by atoms with van der Waals surface area (Å²) in [5.74, 6) is 0. The number of likely N-dealkylation sites (tertiary alicyclic amines) is 1. The summed E-state index contributed by atoms with van der Waals surface area (Å²) in [6, 6.07) is 6.57. The highest BCUT2D eigenvalue weighted by molar-refractivity contribution is 5.85. The van der Waals surface area contributed by atoms with Gasteiger partial charge >= 0.3 is 0 Å². The normalized spacial score (nSPS) is 23.1. The number of para-hydroxylation sites is 1. The van der Waals surface area contributed by atoms with Crippen molar-refractivity contribution in [2.75, 3.05) is 25.0 Å². The van der Waals surface area contributed by atoms with Gasteiger partial charge in [0, 0.05) is 25.3 Å². The number of aliphatic hydroxyl groups is 1. The molecule has 0 aliphatic carbocycles. The number of halogens is 1. The lowest BCUT2D eigenvalue weighted by molar-refractivity contribution is 0.0669. The molecular formula is C14H21ClN2O. The van der Waals surface area contributed by atoms with E-state index in [-0.39, 0.29) is 18.5 Å². The quantitative estimate of drug-likeness (QED) is 0.862. The minimum absolute atomic E-state index is 0. The van der Waals surface area contributed by atoms with Crippen molar-refractivity contribution in [2.45, 2.75) is 31.9 Å². The van der Waals surface area contributed by atoms with E-state index in [0.717, 1.165) is 45.4 Å². The Balaban J connectivity index is 0.00000120. The number of nitrogens with zero attached hydrogens (tertiary/aromatic N) is 1. The molecule has 0 aromatic heterocycles. The number of rotatable bonds is 2. The van der Waals surface area contributed by atoms with Crippen LogP contribution in [0.15, 0.2) is 18.2 Å². The molecule has 2 N–H and O–H groups in total. The molecular weight excluding hydrogens is 248 g/mol. The zero-order chi connectivity index (χ0) is 11.7. The minimum atomic E-state index is -0.131. The third kappa shape index (κ3) is 2.79. The van der Waals surface area contributed by atoms with Crippen molar-refractivity contribution in [1.82, 2.24) is 4.90 Å². The second-order valence-electron chi connectivity index (χ2n) is 5.16. The van der Waals surface area contributed by atoms with Crippen LogP contribution in [0.25, 0.3) is 0 Å². The molecule has 3 nitrogen and oxygen atoms in total. The predicted molar refractivity (Wildman–Crippen MR) is 76.4 cm³/mol. The van der Waals surface area contributed by atoms with Crippen LogP contribution in [0.3, 0.4) is 0 Å². The van der Waals surface area contributed by atoms with E-state index in [1.54, 1.807) is 0 Å². The Morgan fingerprint density at radius 1 is 1.39 bits per heavy atom. The molecule has 1 aromatic carbocycles. The summed E-state index contributed by atoms with van der Waals surface area (Å²) in [7, 11) is 0. The first-order valence-electron chi connectivity index (χ1n) is 6.58. The van der Waals surface area contributed by atoms with Gasteiger partial charge in [-0.3, -0.25) is 4.90 Å². The number of nitrogens with one attached hydrogen (secondary N) is 1. The molecule has 0 spiro atoms. The van der Waals surface area contributed by atoms with Gasteiger partial charge in [-0.2, -0.15) is 0 Å². The summed E-state index contributed by atoms with van der Waals surface area (Å²) >= 11 is 0. The van der Waals surface area contributed by atoms with Crippen LogP contribution in [0.1, 0.15) is 24.0 Å². The van der Waals surface area contributed by atoms with Crippen molar-refractivity contribution in [2.24, 2.45) is 0 Å². The minimum Gasteiger partial charge on any atom is -0.392 e. The second kappa shape index (κ2) is 5.91. The van der Waals surface area contributed by atoms with Gasteiger partial charge in [0.2, 0.25) is 0 Å². The number of hydrogen-bond donors (Lipinski definition) is 2. The molecule has 4 heteroatoms. The smallest absolute Gasteiger partial charge is 0.0667 e. The molecule has 3 rings (SSSR count). The topological polar surface area (TPSA) is 35.5 Å². The molecule has 1 unspecified atom stereocenters. The molecule has 1 aromatic rings. The number of hydrogen-bond acceptors (Lipinski definition) is 3. The van der Waals surface area contributed by atoms with E-state index >= 15 is 0 Å². The molecule has 18 heavy (non-hydrogen) atoms. The zero-order valence-electron chi connectivity index (χ0n) is 10.6. The van der Waals surface area contributed by atoms with E-state index in [0.29, 0.717) is 0 Å². The monoisotopic (exact) mass is 268 g/mol. The van der Waals surface area contributed by atoms with Gasteiger partial charge in [0.1, 0.15) is 0 Å². The van der Waals surface area contributed by atoms with Gasteiger partial charge in [-0.25, -0.2) is 0 Å². The number of benzene rings is 1. The van der Waals surface area contributed by atoms with E-state index < -0.39 is 0 Å². The molecule has 1 saturated heterocycles. The summed E-state index contributed by atoms with van der Waals surface area (Å²) in [6.45, 7) is 3.96. The van der Waals surface area contributed by atoms with E-state index in [4.69, 9.17) is 0 Å². The summed E-state index contributed by atoms with van der Waals surface area (Å²) in [5.41, 5.74) is 4.17. The van der Waals surface area contributed by atoms with E-state index in [2.05, 4.69) is 28.4 Å². The summed E-state index contributed by atoms with van der Waals surface area (Å²) in [5, 5.41) is 13.2. The van der Waals surface area contributed by atoms with Crippen molar-refractivity contribution in [3.8, 4) is 0 Å². The van der Waals surface area contributed by atoms with Gasteiger partial charge in [0.25, 0.3) is 0 Å². The summed E-state index contributed by atoms with van der Waals surface area (Å²) in [6.07, 6.45) is 3.09. The van der Waals surface area contributed by atoms with Gasteiger partial charge in [-0.15, -0.1) is 12.4 Å². The lowest BCUT2D eigenvalue weighted by Gasteiger charge is -2.30. The standard InChI is InChI=1S/C14H20N2O.ClH/c17-13-5-2-8-16(10-13)9-12-4-1-3-11-6-7-15-14(11)12;/h1,3-4,13,15,17H,2,5-10H2;1H. The van der Waals surface area contributed by atoms with E-state index in [9.17, 15) is 5.11 Å². The lowest BCUT2D eigenvalue weighted by atomic mass is 10.0. The molecule has 0 amide bonds. The largest absolute Gasteiger partial charge is 0.392 e. The summed E-state index contributed by atoms with van der Waals surface area (Å²) in [4.78, 5) is 2.36. The molecule has 0 saturated carbocycles. The highest BCUT2D eigenvalue weighted by atomic mass is 35.5. The van der Waals surface area contributed by atoms with Crippen LogP contribution in [0, 0.1) is 0 Å². The molecule has 2 aliphatic rings. The lowest BCUT2D eigenvalue weighted by Crippen LogP contribution is -2.37. The van der Waals surface area contributed by atoms with Crippen LogP contribution in [0.5, 0.6) is 0 Å². The van der Waals surface area contributed by atoms with Crippen molar-refractivity contribution in [3.63, 3.8) is 0 Å². The van der Waals surface area contributed by atoms with E-state index in [1.165, 1.54) is 16.8 Å². The molecule has 1 fully saturated rings. The van der Waals surface area contributed by atoms with Crippen LogP contribution in [-0.2, 0) is 13.0 Å². The summed E-state index contributed by atoms with van der Waals surface area (Å²) < 4.78 is 0. The zero-order valence-corrected chi connectivity index (χ0v) is 11.4. The van der Waals surface area contributed by atoms with Crippen LogP contribution in [0.2, 0.25) is 0 Å². The fourth-order valence-corrected chi connectivity index (χ4v) is 2.96. The third-order valence-corrected chi connectivity index (χ3v) is 3.81. The average molecular weight is 269 g/mol. The van der Waals surface area contributed by atoms with Crippen molar-refractivity contribution in [3.05, 3.63) is 29.3 Å². The van der Waals surface area contributed by atoms with Crippen LogP contribution >= 0.6 is 12.4 Å². The maximum Gasteiger partial charge on any atom is 0.0667 e. The molecule has 0 radical (unpaired) electrons. The maximum atomic E-state index is 9.69. The number of β-amino-alcohol motifs (C(OH)–C–C–N with tert-alkyl or cyclic N) is 1. The van der Waals surface area contributed by atoms with Crippen LogP contribution in [0.4, 0.5) is 5.69 Å². The Kier molecular flexibility index (Phi) is 4.49.